The first-order valence-electron chi connectivity index (χ1n) is 8.44. The van der Waals surface area contributed by atoms with Crippen LogP contribution in [0.3, 0.4) is 0 Å². The lowest BCUT2D eigenvalue weighted by molar-refractivity contribution is 0.179. The maximum absolute atomic E-state index is 12.6. The normalized spacial score (nSPS) is 19.9. The minimum absolute atomic E-state index is 0.00607. The molecular weight excluding hydrogens is 278 g/mol. The number of rotatable bonds is 5. The molecule has 0 radical (unpaired) electrons. The van der Waals surface area contributed by atoms with Crippen LogP contribution in [0.4, 0.5) is 4.79 Å². The van der Waals surface area contributed by atoms with Crippen molar-refractivity contribution in [2.24, 2.45) is 11.8 Å². The first-order valence-corrected chi connectivity index (χ1v) is 8.44. The summed E-state index contributed by atoms with van der Waals surface area (Å²) in [5.74, 6) is 2.91. The SMILES string of the molecule is CC(C)[C@H](NC(=O)N(C)[C@@H](C)C1CC1)c1nnc2n1CCC2. The minimum atomic E-state index is -0.0827. The number of carbonyl (C=O) groups is 1. The zero-order valence-corrected chi connectivity index (χ0v) is 14.0. The van der Waals surface area contributed by atoms with E-state index in [-0.39, 0.29) is 18.0 Å². The van der Waals surface area contributed by atoms with Crippen molar-refractivity contribution in [3.8, 4) is 0 Å². The summed E-state index contributed by atoms with van der Waals surface area (Å²) in [6.07, 6.45) is 4.59. The van der Waals surface area contributed by atoms with Gasteiger partial charge in [0.1, 0.15) is 5.82 Å². The first-order chi connectivity index (χ1) is 10.5. The number of urea groups is 1. The van der Waals surface area contributed by atoms with Gasteiger partial charge in [-0.15, -0.1) is 10.2 Å². The Bertz CT molecular complexity index is 549. The van der Waals surface area contributed by atoms with E-state index in [2.05, 4.69) is 40.9 Å². The van der Waals surface area contributed by atoms with Crippen LogP contribution in [0.25, 0.3) is 0 Å². The Morgan fingerprint density at radius 2 is 2.05 bits per heavy atom. The van der Waals surface area contributed by atoms with Gasteiger partial charge in [0.2, 0.25) is 0 Å². The van der Waals surface area contributed by atoms with Crippen molar-refractivity contribution in [2.45, 2.75) is 65.1 Å². The number of hydrogen-bond donors (Lipinski definition) is 1. The van der Waals surface area contributed by atoms with Crippen LogP contribution >= 0.6 is 0 Å². The van der Waals surface area contributed by atoms with Gasteiger partial charge in [-0.05, 0) is 38.0 Å². The van der Waals surface area contributed by atoms with Crippen LogP contribution in [0.5, 0.6) is 0 Å². The predicted octanol–water partition coefficient (Wildman–Crippen LogP) is 2.36. The predicted molar refractivity (Wildman–Crippen MR) is 84.4 cm³/mol. The maximum Gasteiger partial charge on any atom is 0.317 e. The molecule has 1 saturated carbocycles. The van der Waals surface area contributed by atoms with E-state index >= 15 is 0 Å². The number of nitrogens with one attached hydrogen (secondary N) is 1. The highest BCUT2D eigenvalue weighted by molar-refractivity contribution is 5.74. The second-order valence-electron chi connectivity index (χ2n) is 7.09. The zero-order valence-electron chi connectivity index (χ0n) is 14.0. The van der Waals surface area contributed by atoms with E-state index in [0.717, 1.165) is 31.0 Å². The summed E-state index contributed by atoms with van der Waals surface area (Å²) in [6, 6.07) is 0.214. The number of amides is 2. The highest BCUT2D eigenvalue weighted by Crippen LogP contribution is 2.35. The summed E-state index contributed by atoms with van der Waals surface area (Å²) >= 11 is 0. The molecule has 6 heteroatoms. The van der Waals surface area contributed by atoms with Crippen molar-refractivity contribution in [3.63, 3.8) is 0 Å². The number of fused-ring (bicyclic) bond motifs is 1. The fourth-order valence-electron chi connectivity index (χ4n) is 3.25. The van der Waals surface area contributed by atoms with Gasteiger partial charge >= 0.3 is 6.03 Å². The molecule has 0 bridgehead atoms. The smallest absolute Gasteiger partial charge is 0.317 e. The third kappa shape index (κ3) is 2.83. The van der Waals surface area contributed by atoms with Crippen LogP contribution in [0.15, 0.2) is 0 Å². The third-order valence-corrected chi connectivity index (χ3v) is 5.10. The van der Waals surface area contributed by atoms with Crippen molar-refractivity contribution in [1.82, 2.24) is 25.0 Å². The Labute approximate surface area is 132 Å². The number of aryl methyl sites for hydroxylation is 1. The van der Waals surface area contributed by atoms with Gasteiger partial charge in [-0.3, -0.25) is 0 Å². The van der Waals surface area contributed by atoms with Gasteiger partial charge < -0.3 is 14.8 Å². The first kappa shape index (κ1) is 15.3. The highest BCUT2D eigenvalue weighted by Gasteiger charge is 2.34. The molecule has 2 aliphatic rings. The van der Waals surface area contributed by atoms with E-state index < -0.39 is 0 Å². The number of carbonyl (C=O) groups excluding carboxylic acids is 1. The fourth-order valence-corrected chi connectivity index (χ4v) is 3.25. The Kier molecular flexibility index (Phi) is 4.10. The molecule has 1 aliphatic heterocycles. The molecule has 0 spiro atoms. The molecule has 22 heavy (non-hydrogen) atoms. The molecule has 1 aromatic rings. The monoisotopic (exact) mass is 305 g/mol. The lowest BCUT2D eigenvalue weighted by Gasteiger charge is -2.29. The summed E-state index contributed by atoms with van der Waals surface area (Å²) in [5, 5.41) is 11.8. The van der Waals surface area contributed by atoms with E-state index in [1.54, 1.807) is 0 Å². The van der Waals surface area contributed by atoms with Crippen molar-refractivity contribution >= 4 is 6.03 Å². The molecule has 1 N–H and O–H groups in total. The van der Waals surface area contributed by atoms with Crippen LogP contribution in [0.1, 0.15) is 57.7 Å². The molecule has 3 rings (SSSR count). The average Bonchev–Trinajstić information content (AvgIpc) is 3.10. The van der Waals surface area contributed by atoms with Crippen LogP contribution in [0.2, 0.25) is 0 Å². The molecular formula is C16H27N5O. The molecule has 122 valence electrons. The van der Waals surface area contributed by atoms with E-state index in [0.29, 0.717) is 12.0 Å². The Morgan fingerprint density at radius 1 is 1.32 bits per heavy atom. The summed E-state index contributed by atoms with van der Waals surface area (Å²) in [5.41, 5.74) is 0. The standard InChI is InChI=1S/C16H27N5O/c1-10(2)14(15-19-18-13-6-5-9-21(13)15)17-16(22)20(4)11(3)12-7-8-12/h10-12,14H,5-9H2,1-4H3,(H,17,22)/t11-,14-/m0/s1. The van der Waals surface area contributed by atoms with Crippen molar-refractivity contribution in [3.05, 3.63) is 11.6 Å². The van der Waals surface area contributed by atoms with E-state index in [4.69, 9.17) is 0 Å². The largest absolute Gasteiger partial charge is 0.328 e. The molecule has 6 nitrogen and oxygen atoms in total. The van der Waals surface area contributed by atoms with Crippen LogP contribution < -0.4 is 5.32 Å². The molecule has 2 heterocycles. The Hall–Kier alpha value is -1.59. The van der Waals surface area contributed by atoms with Gasteiger partial charge in [-0.1, -0.05) is 13.8 Å². The number of aromatic nitrogens is 3. The van der Waals surface area contributed by atoms with Gasteiger partial charge in [-0.25, -0.2) is 4.79 Å². The van der Waals surface area contributed by atoms with E-state index in [9.17, 15) is 4.79 Å². The molecule has 0 saturated heterocycles. The molecule has 2 atom stereocenters. The highest BCUT2D eigenvalue weighted by atomic mass is 16.2. The van der Waals surface area contributed by atoms with Gasteiger partial charge in [0.05, 0.1) is 6.04 Å². The minimum Gasteiger partial charge on any atom is -0.328 e. The topological polar surface area (TPSA) is 63.1 Å². The van der Waals surface area contributed by atoms with Crippen molar-refractivity contribution < 1.29 is 4.79 Å². The molecule has 1 fully saturated rings. The second-order valence-corrected chi connectivity index (χ2v) is 7.09. The lowest BCUT2D eigenvalue weighted by atomic mass is 10.0. The third-order valence-electron chi connectivity index (χ3n) is 5.10. The Balaban J connectivity index is 1.72. The lowest BCUT2D eigenvalue weighted by Crippen LogP contribution is -2.46. The van der Waals surface area contributed by atoms with Crippen LogP contribution in [-0.2, 0) is 13.0 Å². The second kappa shape index (κ2) is 5.89. The molecule has 0 unspecified atom stereocenters. The molecule has 0 aromatic carbocycles. The van der Waals surface area contributed by atoms with E-state index in [1.165, 1.54) is 12.8 Å². The zero-order chi connectivity index (χ0) is 15.9. The Morgan fingerprint density at radius 3 is 2.68 bits per heavy atom. The van der Waals surface area contributed by atoms with Crippen LogP contribution in [0, 0.1) is 11.8 Å². The summed E-state index contributed by atoms with van der Waals surface area (Å²) in [7, 11) is 1.89. The van der Waals surface area contributed by atoms with E-state index in [1.807, 2.05) is 11.9 Å². The quantitative estimate of drug-likeness (QED) is 0.908. The van der Waals surface area contributed by atoms with Gasteiger partial charge in [0.25, 0.3) is 0 Å². The van der Waals surface area contributed by atoms with Crippen LogP contribution in [-0.4, -0.2) is 38.8 Å². The summed E-state index contributed by atoms with van der Waals surface area (Å²) in [4.78, 5) is 14.4. The molecule has 1 aliphatic carbocycles. The summed E-state index contributed by atoms with van der Waals surface area (Å²) in [6.45, 7) is 7.33. The maximum atomic E-state index is 12.6. The number of hydrogen-bond acceptors (Lipinski definition) is 3. The molecule has 1 aromatic heterocycles. The fraction of sp³-hybridized carbons (Fsp3) is 0.812. The van der Waals surface area contributed by atoms with Gasteiger partial charge in [-0.2, -0.15) is 0 Å². The average molecular weight is 305 g/mol. The van der Waals surface area contributed by atoms with Gasteiger partial charge in [0, 0.05) is 26.1 Å². The molecule has 2 amide bonds. The van der Waals surface area contributed by atoms with Crippen molar-refractivity contribution in [1.29, 1.82) is 0 Å². The summed E-state index contributed by atoms with van der Waals surface area (Å²) < 4.78 is 2.18. The van der Waals surface area contributed by atoms with Gasteiger partial charge in [0.15, 0.2) is 5.82 Å². The number of nitrogens with zero attached hydrogens (tertiary/aromatic N) is 4. The van der Waals surface area contributed by atoms with Crippen molar-refractivity contribution in [2.75, 3.05) is 7.05 Å².